The van der Waals surface area contributed by atoms with Crippen molar-refractivity contribution in [2.24, 2.45) is 0 Å². The Morgan fingerprint density at radius 3 is 2.35 bits per heavy atom. The largest absolute Gasteiger partial charge is 0.445 e. The highest BCUT2D eigenvalue weighted by Gasteiger charge is 2.01. The van der Waals surface area contributed by atoms with E-state index in [9.17, 15) is 9.59 Å². The molecule has 2 amide bonds. The van der Waals surface area contributed by atoms with Crippen molar-refractivity contribution >= 4 is 27.9 Å². The van der Waals surface area contributed by atoms with E-state index in [1.54, 1.807) is 0 Å². The van der Waals surface area contributed by atoms with Crippen LogP contribution in [0.3, 0.4) is 0 Å². The standard InChI is InChI=1S/C14H19BrN2O3/c15-10-13(18)16-8-4-5-9-17-14(19)20-11-12-6-2-1-3-7-12/h1-3,6-7H,4-5,8-11H2,(H,16,18)(H,17,19). The summed E-state index contributed by atoms with van der Waals surface area (Å²) in [5.41, 5.74) is 0.958. The topological polar surface area (TPSA) is 67.4 Å². The second-order valence-electron chi connectivity index (χ2n) is 4.18. The van der Waals surface area contributed by atoms with E-state index in [4.69, 9.17) is 4.74 Å². The fourth-order valence-electron chi connectivity index (χ4n) is 1.49. The van der Waals surface area contributed by atoms with E-state index < -0.39 is 6.09 Å². The maximum absolute atomic E-state index is 11.4. The quantitative estimate of drug-likeness (QED) is 0.562. The molecule has 0 aliphatic rings. The summed E-state index contributed by atoms with van der Waals surface area (Å²) >= 11 is 3.07. The van der Waals surface area contributed by atoms with Gasteiger partial charge in [-0.15, -0.1) is 0 Å². The van der Waals surface area contributed by atoms with Crippen LogP contribution in [-0.2, 0) is 16.1 Å². The molecule has 0 saturated heterocycles. The number of hydrogen-bond donors (Lipinski definition) is 2. The SMILES string of the molecule is O=C(CBr)NCCCCNC(=O)OCc1ccccc1. The van der Waals surface area contributed by atoms with Gasteiger partial charge in [-0.05, 0) is 18.4 Å². The summed E-state index contributed by atoms with van der Waals surface area (Å²) in [6.45, 7) is 1.43. The molecule has 110 valence electrons. The minimum atomic E-state index is -0.418. The van der Waals surface area contributed by atoms with Crippen molar-refractivity contribution in [3.63, 3.8) is 0 Å². The number of nitrogens with one attached hydrogen (secondary N) is 2. The molecule has 5 nitrogen and oxygen atoms in total. The molecule has 0 saturated carbocycles. The number of alkyl carbamates (subject to hydrolysis) is 1. The molecule has 0 unspecified atom stereocenters. The molecule has 0 aromatic heterocycles. The smallest absolute Gasteiger partial charge is 0.407 e. The number of rotatable bonds is 8. The first-order chi connectivity index (χ1) is 9.72. The normalized spacial score (nSPS) is 9.85. The van der Waals surface area contributed by atoms with E-state index in [-0.39, 0.29) is 12.5 Å². The van der Waals surface area contributed by atoms with Crippen LogP contribution in [0.25, 0.3) is 0 Å². The minimum absolute atomic E-state index is 0.0276. The van der Waals surface area contributed by atoms with Gasteiger partial charge in [0.05, 0.1) is 5.33 Å². The monoisotopic (exact) mass is 342 g/mol. The van der Waals surface area contributed by atoms with Crippen LogP contribution in [0, 0.1) is 0 Å². The van der Waals surface area contributed by atoms with Crippen molar-refractivity contribution in [1.29, 1.82) is 0 Å². The Hall–Kier alpha value is -1.56. The zero-order valence-electron chi connectivity index (χ0n) is 11.2. The predicted molar refractivity (Wildman–Crippen MR) is 80.7 cm³/mol. The van der Waals surface area contributed by atoms with Gasteiger partial charge in [-0.25, -0.2) is 4.79 Å². The second-order valence-corrected chi connectivity index (χ2v) is 4.74. The molecule has 0 aliphatic heterocycles. The predicted octanol–water partition coefficient (Wildman–Crippen LogP) is 2.20. The number of hydrogen-bond acceptors (Lipinski definition) is 3. The van der Waals surface area contributed by atoms with Crippen LogP contribution in [-0.4, -0.2) is 30.4 Å². The first kappa shape index (κ1) is 16.5. The molecule has 1 aromatic carbocycles. The van der Waals surface area contributed by atoms with E-state index >= 15 is 0 Å². The summed E-state index contributed by atoms with van der Waals surface area (Å²) < 4.78 is 5.06. The maximum Gasteiger partial charge on any atom is 0.407 e. The van der Waals surface area contributed by atoms with Crippen molar-refractivity contribution < 1.29 is 14.3 Å². The highest BCUT2D eigenvalue weighted by Crippen LogP contribution is 2.00. The van der Waals surface area contributed by atoms with E-state index in [1.807, 2.05) is 30.3 Å². The number of benzene rings is 1. The van der Waals surface area contributed by atoms with Crippen LogP contribution in [0.5, 0.6) is 0 Å². The van der Waals surface area contributed by atoms with Gasteiger partial charge in [0.1, 0.15) is 6.61 Å². The number of alkyl halides is 1. The lowest BCUT2D eigenvalue weighted by Crippen LogP contribution is -2.28. The number of unbranched alkanes of at least 4 members (excludes halogenated alkanes) is 1. The zero-order valence-corrected chi connectivity index (χ0v) is 12.8. The van der Waals surface area contributed by atoms with Crippen LogP contribution in [0.4, 0.5) is 4.79 Å². The first-order valence-electron chi connectivity index (χ1n) is 6.49. The summed E-state index contributed by atoms with van der Waals surface area (Å²) in [4.78, 5) is 22.3. The fraction of sp³-hybridized carbons (Fsp3) is 0.429. The Kier molecular flexibility index (Phi) is 8.46. The van der Waals surface area contributed by atoms with Crippen molar-refractivity contribution in [1.82, 2.24) is 10.6 Å². The summed E-state index contributed by atoms with van der Waals surface area (Å²) in [5.74, 6) is -0.0276. The third-order valence-electron chi connectivity index (χ3n) is 2.53. The molecule has 0 radical (unpaired) electrons. The van der Waals surface area contributed by atoms with E-state index in [0.29, 0.717) is 18.4 Å². The highest BCUT2D eigenvalue weighted by atomic mass is 79.9. The van der Waals surface area contributed by atoms with E-state index in [0.717, 1.165) is 18.4 Å². The van der Waals surface area contributed by atoms with Gasteiger partial charge in [0, 0.05) is 13.1 Å². The van der Waals surface area contributed by atoms with Crippen molar-refractivity contribution in [3.8, 4) is 0 Å². The van der Waals surface area contributed by atoms with Crippen molar-refractivity contribution in [2.45, 2.75) is 19.4 Å². The number of halogens is 1. The van der Waals surface area contributed by atoms with Gasteiger partial charge in [-0.2, -0.15) is 0 Å². The Bertz CT molecular complexity index is 412. The van der Waals surface area contributed by atoms with Crippen molar-refractivity contribution in [2.75, 3.05) is 18.4 Å². The average molecular weight is 343 g/mol. The van der Waals surface area contributed by atoms with Crippen LogP contribution >= 0.6 is 15.9 Å². The van der Waals surface area contributed by atoms with Gasteiger partial charge < -0.3 is 15.4 Å². The lowest BCUT2D eigenvalue weighted by atomic mass is 10.2. The van der Waals surface area contributed by atoms with Crippen LogP contribution in [0.1, 0.15) is 18.4 Å². The first-order valence-corrected chi connectivity index (χ1v) is 7.61. The highest BCUT2D eigenvalue weighted by molar-refractivity contribution is 9.09. The Labute approximate surface area is 127 Å². The van der Waals surface area contributed by atoms with Gasteiger partial charge in [0.15, 0.2) is 0 Å². The Morgan fingerprint density at radius 1 is 1.05 bits per heavy atom. The molecule has 0 heterocycles. The van der Waals surface area contributed by atoms with Gasteiger partial charge in [0.25, 0.3) is 0 Å². The summed E-state index contributed by atoms with van der Waals surface area (Å²) in [5, 5.41) is 5.73. The summed E-state index contributed by atoms with van der Waals surface area (Å²) in [6.07, 6.45) is 1.19. The van der Waals surface area contributed by atoms with Crippen LogP contribution < -0.4 is 10.6 Å². The van der Waals surface area contributed by atoms with Crippen molar-refractivity contribution in [3.05, 3.63) is 35.9 Å². The number of carbonyl (C=O) groups excluding carboxylic acids is 2. The van der Waals surface area contributed by atoms with Gasteiger partial charge in [-0.3, -0.25) is 4.79 Å². The van der Waals surface area contributed by atoms with E-state index in [1.165, 1.54) is 0 Å². The molecule has 0 atom stereocenters. The summed E-state index contributed by atoms with van der Waals surface area (Å²) in [6, 6.07) is 9.52. The third-order valence-corrected chi connectivity index (χ3v) is 3.04. The second kappa shape index (κ2) is 10.3. The molecule has 20 heavy (non-hydrogen) atoms. The van der Waals surface area contributed by atoms with Crippen LogP contribution in [0.2, 0.25) is 0 Å². The maximum atomic E-state index is 11.4. The number of ether oxygens (including phenoxy) is 1. The lowest BCUT2D eigenvalue weighted by molar-refractivity contribution is -0.118. The molecule has 0 bridgehead atoms. The van der Waals surface area contributed by atoms with E-state index in [2.05, 4.69) is 26.6 Å². The lowest BCUT2D eigenvalue weighted by Gasteiger charge is -2.07. The molecule has 0 spiro atoms. The van der Waals surface area contributed by atoms with Gasteiger partial charge in [0.2, 0.25) is 5.91 Å². The fourth-order valence-corrected chi connectivity index (χ4v) is 1.69. The molecule has 1 aromatic rings. The molecule has 0 fully saturated rings. The average Bonchev–Trinajstić information content (AvgIpc) is 2.49. The molecule has 1 rings (SSSR count). The molecular weight excluding hydrogens is 324 g/mol. The number of amides is 2. The summed E-state index contributed by atoms with van der Waals surface area (Å²) in [7, 11) is 0. The third kappa shape index (κ3) is 7.78. The van der Waals surface area contributed by atoms with Gasteiger partial charge >= 0.3 is 6.09 Å². The molecule has 6 heteroatoms. The molecule has 2 N–H and O–H groups in total. The molecular formula is C14H19BrN2O3. The Morgan fingerprint density at radius 2 is 1.70 bits per heavy atom. The van der Waals surface area contributed by atoms with Gasteiger partial charge in [-0.1, -0.05) is 46.3 Å². The zero-order chi connectivity index (χ0) is 14.6. The number of carbonyl (C=O) groups is 2. The van der Waals surface area contributed by atoms with Crippen LogP contribution in [0.15, 0.2) is 30.3 Å². The minimum Gasteiger partial charge on any atom is -0.445 e. The Balaban J connectivity index is 1.99. The molecule has 0 aliphatic carbocycles.